The van der Waals surface area contributed by atoms with E-state index >= 15 is 0 Å². The number of benzene rings is 2. The number of carbonyl (C=O) groups is 4. The van der Waals surface area contributed by atoms with E-state index in [0.29, 0.717) is 13.0 Å². The second kappa shape index (κ2) is 33.9. The molecule has 23 heterocycles. The minimum Gasteiger partial charge on any atom is -0.394 e. The maximum atomic E-state index is 14.3. The van der Waals surface area contributed by atoms with E-state index < -0.39 is 285 Å². The van der Waals surface area contributed by atoms with Crippen LogP contribution in [0.3, 0.4) is 0 Å². The van der Waals surface area contributed by atoms with Crippen molar-refractivity contribution in [1.82, 2.24) is 20.0 Å². The quantitative estimate of drug-likeness (QED) is 0.0548. The summed E-state index contributed by atoms with van der Waals surface area (Å²) in [7, 11) is 3.23. The highest BCUT2D eigenvalue weighted by molar-refractivity contribution is 6.33. The van der Waals surface area contributed by atoms with Crippen LogP contribution in [0.15, 0.2) is 24.3 Å². The van der Waals surface area contributed by atoms with Crippen molar-refractivity contribution in [1.29, 1.82) is 0 Å². The standard InChI is InChI=1S/C64H92N4O38/c1-65-9-3-11-67-54(89)20-5-7-22-32-23(8-6-21(31(20)32)55(67)90)57(92)68(56(22)91)12-4-10-66(2)13-24-47-33(75)40(82)58(93-24)101-48-25(14-69)95-60(42(84)35(48)77)103-50-27(16-71)97-62(44(86)37(50)79)105-52-29(18-73)99-64(46(88)39(52)81)106-53-30(19-74)98-63(45(87)38(53)80)104-51-28(17-72)96-61(43(85)36(51)78)102-49-26(15-70)94-59(100-47)41(83)34(49)76/h5-8,24-30,33-53,58-65,69-88H,3-4,9-19H2,1-2H3. The second-order valence-electron chi connectivity index (χ2n) is 27.6. The number of hydrogen-bond acceptors (Lipinski definition) is 40. The van der Waals surface area contributed by atoms with Gasteiger partial charge in [0.05, 0.1) is 39.6 Å². The zero-order valence-electron chi connectivity index (χ0n) is 56.8. The Morgan fingerprint density at radius 2 is 0.528 bits per heavy atom. The molecule has 35 atom stereocenters. The fraction of sp³-hybridized carbons (Fsp3) is 0.781. The van der Waals surface area contributed by atoms with E-state index in [1.165, 1.54) is 36.2 Å². The van der Waals surface area contributed by atoms with Gasteiger partial charge in [-0.15, -0.1) is 0 Å². The first kappa shape index (κ1) is 81.0. The van der Waals surface area contributed by atoms with Crippen LogP contribution in [0.2, 0.25) is 0 Å². The molecule has 14 bridgehead atoms. The molecule has 21 saturated heterocycles. The first-order chi connectivity index (χ1) is 50.6. The number of rotatable bonds is 16. The summed E-state index contributed by atoms with van der Waals surface area (Å²) in [5, 5.41) is 230. The number of hydrogen-bond donors (Lipinski definition) is 21. The SMILES string of the molecule is CNCCCN1C(=O)c2ccc3c4c(ccc(c24)C1=O)C(=O)N(CCCN(C)CC1OC2OC4C(CO)OC(OC5C(CO)OC(OC6C(CO)OC(OC7C(CO)OC(OC8C(CO)OC(OC9C(CO)OC(OC1C(O)C2O)C(O)C9O)C(O)C8O)C(O)C7O)C(O)C6O)C(O)C5O)C(O)C4O)C3=O. The lowest BCUT2D eigenvalue weighted by atomic mass is 9.86. The molecular weight excluding hydrogens is 1430 g/mol. The second-order valence-corrected chi connectivity index (χ2v) is 27.6. The molecule has 0 saturated carbocycles. The van der Waals surface area contributed by atoms with Crippen molar-refractivity contribution >= 4 is 34.4 Å². The van der Waals surface area contributed by atoms with Crippen molar-refractivity contribution < 1.29 is 188 Å². The predicted octanol–water partition coefficient (Wildman–Crippen LogP) is -13.2. The molecule has 0 radical (unpaired) electrons. The van der Waals surface area contributed by atoms with Gasteiger partial charge in [0, 0.05) is 52.7 Å². The number of carbonyl (C=O) groups excluding carboxylic acids is 4. The Balaban J connectivity index is 0.808. The number of imide groups is 2. The monoisotopic (exact) mass is 1520 g/mol. The summed E-state index contributed by atoms with van der Waals surface area (Å²) in [6.45, 7) is -6.57. The Morgan fingerprint density at radius 1 is 0.321 bits per heavy atom. The maximum Gasteiger partial charge on any atom is 0.261 e. The number of amides is 4. The van der Waals surface area contributed by atoms with Crippen molar-refractivity contribution in [3.05, 3.63) is 46.5 Å². The molecule has 4 amide bonds. The zero-order chi connectivity index (χ0) is 76.3. The first-order valence-corrected chi connectivity index (χ1v) is 34.7. The summed E-state index contributed by atoms with van der Waals surface area (Å²) in [6, 6.07) is 5.67. The Hall–Kier alpha value is -4.46. The van der Waals surface area contributed by atoms with E-state index in [4.69, 9.17) is 66.3 Å². The van der Waals surface area contributed by atoms with Gasteiger partial charge >= 0.3 is 0 Å². The molecule has 596 valence electrons. The van der Waals surface area contributed by atoms with Gasteiger partial charge in [-0.3, -0.25) is 29.0 Å². The molecular formula is C64H92N4O38. The smallest absolute Gasteiger partial charge is 0.261 e. The highest BCUT2D eigenvalue weighted by Crippen LogP contribution is 2.42. The van der Waals surface area contributed by atoms with Crippen molar-refractivity contribution in [3.8, 4) is 0 Å². The molecule has 23 aliphatic rings. The average molecular weight is 1530 g/mol. The Labute approximate surface area is 601 Å². The van der Waals surface area contributed by atoms with Crippen LogP contribution < -0.4 is 5.32 Å². The van der Waals surface area contributed by atoms with Gasteiger partial charge in [0.2, 0.25) is 0 Å². The predicted molar refractivity (Wildman–Crippen MR) is 337 cm³/mol. The van der Waals surface area contributed by atoms with Crippen LogP contribution in [0.25, 0.3) is 10.8 Å². The molecule has 0 aliphatic carbocycles. The Morgan fingerprint density at radius 3 is 0.745 bits per heavy atom. The minimum atomic E-state index is -2.29. The summed E-state index contributed by atoms with van der Waals surface area (Å²) in [5.74, 6) is -2.66. The van der Waals surface area contributed by atoms with Gasteiger partial charge in [-0.05, 0) is 64.3 Å². The number of aliphatic hydroxyl groups is 20. The number of ether oxygens (including phenoxy) is 14. The van der Waals surface area contributed by atoms with Crippen molar-refractivity contribution in [3.63, 3.8) is 0 Å². The van der Waals surface area contributed by atoms with Gasteiger partial charge in [-0.1, -0.05) is 0 Å². The van der Waals surface area contributed by atoms with Crippen LogP contribution in [0.5, 0.6) is 0 Å². The molecule has 2 aromatic carbocycles. The van der Waals surface area contributed by atoms with Gasteiger partial charge in [-0.2, -0.15) is 0 Å². The van der Waals surface area contributed by atoms with E-state index in [-0.39, 0.29) is 59.1 Å². The molecule has 106 heavy (non-hydrogen) atoms. The van der Waals surface area contributed by atoms with Gasteiger partial charge in [0.25, 0.3) is 23.6 Å². The summed E-state index contributed by atoms with van der Waals surface area (Å²) in [5.41, 5.74) is 0.363. The molecule has 42 nitrogen and oxygen atoms in total. The van der Waals surface area contributed by atoms with Crippen LogP contribution in [0.4, 0.5) is 0 Å². The molecule has 2 aromatic rings. The number of likely N-dealkylation sites (N-methyl/N-ethyl adjacent to an activating group) is 1. The minimum absolute atomic E-state index is 0.00504. The molecule has 23 aliphatic heterocycles. The van der Waals surface area contributed by atoms with Gasteiger partial charge in [0.1, 0.15) is 171 Å². The number of aliphatic hydroxyl groups excluding tert-OH is 20. The van der Waals surface area contributed by atoms with Gasteiger partial charge < -0.3 is 179 Å². The molecule has 35 unspecified atom stereocenters. The lowest BCUT2D eigenvalue weighted by Gasteiger charge is -2.50. The van der Waals surface area contributed by atoms with Gasteiger partial charge in [0.15, 0.2) is 44.0 Å². The van der Waals surface area contributed by atoms with Crippen molar-refractivity contribution in [2.24, 2.45) is 0 Å². The van der Waals surface area contributed by atoms with E-state index in [1.807, 2.05) is 0 Å². The fourth-order valence-corrected chi connectivity index (χ4v) is 15.1. The summed E-state index contributed by atoms with van der Waals surface area (Å²) in [6.07, 6.45) is -71.6. The normalized spacial score (nSPS) is 44.7. The van der Waals surface area contributed by atoms with Crippen molar-refractivity contribution in [2.45, 2.75) is 228 Å². The zero-order valence-corrected chi connectivity index (χ0v) is 56.8. The average Bonchev–Trinajstić information content (AvgIpc) is 0.713. The highest BCUT2D eigenvalue weighted by atomic mass is 16.8. The van der Waals surface area contributed by atoms with Crippen molar-refractivity contribution in [2.75, 3.05) is 86.5 Å². The number of nitrogens with one attached hydrogen (secondary N) is 1. The molecule has 21 fully saturated rings. The number of nitrogens with zero attached hydrogens (tertiary/aromatic N) is 3. The topological polar surface area (TPSA) is 624 Å². The lowest BCUT2D eigenvalue weighted by Crippen LogP contribution is -2.68. The lowest BCUT2D eigenvalue weighted by molar-refractivity contribution is -0.396. The third-order valence-electron chi connectivity index (χ3n) is 20.9. The first-order valence-electron chi connectivity index (χ1n) is 34.7. The summed E-state index contributed by atoms with van der Waals surface area (Å²) >= 11 is 0. The molecule has 25 rings (SSSR count). The highest BCUT2D eigenvalue weighted by Gasteiger charge is 2.60. The van der Waals surface area contributed by atoms with Crippen LogP contribution in [0.1, 0.15) is 54.3 Å². The van der Waals surface area contributed by atoms with E-state index in [2.05, 4.69) is 5.32 Å². The molecule has 21 N–H and O–H groups in total. The molecule has 0 aromatic heterocycles. The summed E-state index contributed by atoms with van der Waals surface area (Å²) < 4.78 is 82.2. The van der Waals surface area contributed by atoms with Gasteiger partial charge in [-0.25, -0.2) is 0 Å². The molecule has 42 heteroatoms. The third-order valence-corrected chi connectivity index (χ3v) is 20.9. The van der Waals surface area contributed by atoms with E-state index in [0.717, 1.165) is 9.80 Å². The maximum absolute atomic E-state index is 14.3. The largest absolute Gasteiger partial charge is 0.394 e. The van der Waals surface area contributed by atoms with Crippen LogP contribution in [0, 0.1) is 0 Å². The van der Waals surface area contributed by atoms with Crippen LogP contribution in [-0.2, 0) is 66.3 Å². The van der Waals surface area contributed by atoms with E-state index in [1.54, 1.807) is 7.05 Å². The Kier molecular flexibility index (Phi) is 25.9. The van der Waals surface area contributed by atoms with Crippen LogP contribution >= 0.6 is 0 Å². The summed E-state index contributed by atoms with van der Waals surface area (Å²) in [4.78, 5) is 59.7. The third kappa shape index (κ3) is 15.2. The fourth-order valence-electron chi connectivity index (χ4n) is 15.1. The van der Waals surface area contributed by atoms with Crippen LogP contribution in [-0.4, -0.2) is 442 Å². The molecule has 0 spiro atoms. The Bertz CT molecular complexity index is 3290. The van der Waals surface area contributed by atoms with E-state index in [9.17, 15) is 121 Å².